The van der Waals surface area contributed by atoms with Crippen molar-refractivity contribution in [2.45, 2.75) is 32.6 Å². The lowest BCUT2D eigenvalue weighted by atomic mass is 10.1. The third-order valence-corrected chi connectivity index (χ3v) is 5.22. The molecule has 5 nitrogen and oxygen atoms in total. The standard InChI is InChI=1S/C19H26N2O3/c1-14-13-16(7-8-17(14)24-2)19(23)21-11-9-20(10-12-21)18(22)15-5-3-4-6-15/h7-8,13,15H,3-6,9-12H2,1-2H3. The molecule has 0 N–H and O–H groups in total. The molecule has 1 aromatic rings. The zero-order valence-corrected chi connectivity index (χ0v) is 14.6. The SMILES string of the molecule is COc1ccc(C(=O)N2CCN(C(=O)C3CCCC3)CC2)cc1C. The van der Waals surface area contributed by atoms with Crippen LogP contribution in [0.5, 0.6) is 5.75 Å². The van der Waals surface area contributed by atoms with Gasteiger partial charge in [0.05, 0.1) is 7.11 Å². The highest BCUT2D eigenvalue weighted by Gasteiger charge is 2.30. The number of hydrogen-bond acceptors (Lipinski definition) is 3. The third kappa shape index (κ3) is 3.40. The minimum atomic E-state index is 0.0359. The van der Waals surface area contributed by atoms with Crippen LogP contribution in [0.4, 0.5) is 0 Å². The number of aryl methyl sites for hydroxylation is 1. The van der Waals surface area contributed by atoms with Crippen LogP contribution in [0, 0.1) is 12.8 Å². The van der Waals surface area contributed by atoms with Gasteiger partial charge in [0.1, 0.15) is 5.75 Å². The van der Waals surface area contributed by atoms with Crippen molar-refractivity contribution in [1.29, 1.82) is 0 Å². The molecule has 130 valence electrons. The van der Waals surface area contributed by atoms with Crippen LogP contribution in [-0.4, -0.2) is 54.9 Å². The molecule has 2 fully saturated rings. The summed E-state index contributed by atoms with van der Waals surface area (Å²) in [5.74, 6) is 1.34. The fourth-order valence-corrected chi connectivity index (χ4v) is 3.75. The molecule has 2 aliphatic rings. The van der Waals surface area contributed by atoms with E-state index in [1.165, 1.54) is 12.8 Å². The molecule has 1 aliphatic carbocycles. The molecular formula is C19H26N2O3. The number of benzene rings is 1. The molecule has 5 heteroatoms. The van der Waals surface area contributed by atoms with Gasteiger partial charge in [0.25, 0.3) is 5.91 Å². The summed E-state index contributed by atoms with van der Waals surface area (Å²) < 4.78 is 5.25. The Balaban J connectivity index is 1.58. The maximum atomic E-state index is 12.7. The van der Waals surface area contributed by atoms with E-state index < -0.39 is 0 Å². The normalized spacial score (nSPS) is 18.8. The zero-order chi connectivity index (χ0) is 17.1. The van der Waals surface area contributed by atoms with E-state index in [0.29, 0.717) is 37.6 Å². The van der Waals surface area contributed by atoms with E-state index in [-0.39, 0.29) is 11.8 Å². The van der Waals surface area contributed by atoms with Crippen molar-refractivity contribution in [1.82, 2.24) is 9.80 Å². The van der Waals surface area contributed by atoms with Crippen LogP contribution < -0.4 is 4.74 Å². The Labute approximate surface area is 143 Å². The third-order valence-electron chi connectivity index (χ3n) is 5.22. The largest absolute Gasteiger partial charge is 0.496 e. The number of carbonyl (C=O) groups excluding carboxylic acids is 2. The first-order chi connectivity index (χ1) is 11.6. The number of rotatable bonds is 3. The smallest absolute Gasteiger partial charge is 0.253 e. The molecule has 1 saturated carbocycles. The summed E-state index contributed by atoms with van der Waals surface area (Å²) in [5, 5.41) is 0. The number of nitrogens with zero attached hydrogens (tertiary/aromatic N) is 2. The summed E-state index contributed by atoms with van der Waals surface area (Å²) >= 11 is 0. The van der Waals surface area contributed by atoms with Crippen LogP contribution in [0.1, 0.15) is 41.6 Å². The molecule has 1 aliphatic heterocycles. The van der Waals surface area contributed by atoms with Crippen molar-refractivity contribution < 1.29 is 14.3 Å². The van der Waals surface area contributed by atoms with Gasteiger partial charge in [-0.25, -0.2) is 0 Å². The summed E-state index contributed by atoms with van der Waals surface area (Å²) in [4.78, 5) is 28.9. The molecular weight excluding hydrogens is 304 g/mol. The molecule has 1 heterocycles. The molecule has 0 aromatic heterocycles. The predicted molar refractivity (Wildman–Crippen MR) is 92.2 cm³/mol. The van der Waals surface area contributed by atoms with E-state index in [2.05, 4.69) is 0 Å². The summed E-state index contributed by atoms with van der Waals surface area (Å²) in [6.07, 6.45) is 4.41. The van der Waals surface area contributed by atoms with Gasteiger partial charge in [0.2, 0.25) is 5.91 Å². The van der Waals surface area contributed by atoms with Crippen molar-refractivity contribution in [3.63, 3.8) is 0 Å². The van der Waals surface area contributed by atoms with Crippen molar-refractivity contribution in [2.24, 2.45) is 5.92 Å². The Bertz CT molecular complexity index is 615. The quantitative estimate of drug-likeness (QED) is 0.855. The van der Waals surface area contributed by atoms with Crippen LogP contribution in [-0.2, 0) is 4.79 Å². The van der Waals surface area contributed by atoms with Crippen molar-refractivity contribution in [3.05, 3.63) is 29.3 Å². The van der Waals surface area contributed by atoms with Crippen LogP contribution >= 0.6 is 0 Å². The number of ether oxygens (including phenoxy) is 1. The van der Waals surface area contributed by atoms with Gasteiger partial charge in [-0.05, 0) is 43.5 Å². The Kier molecular flexibility index (Phi) is 5.07. The second kappa shape index (κ2) is 7.24. The van der Waals surface area contributed by atoms with Crippen LogP contribution in [0.3, 0.4) is 0 Å². The number of carbonyl (C=O) groups is 2. The van der Waals surface area contributed by atoms with Crippen LogP contribution in [0.15, 0.2) is 18.2 Å². The number of methoxy groups -OCH3 is 1. The summed E-state index contributed by atoms with van der Waals surface area (Å²) in [7, 11) is 1.63. The number of amides is 2. The number of hydrogen-bond donors (Lipinski definition) is 0. The predicted octanol–water partition coefficient (Wildman–Crippen LogP) is 2.48. The van der Waals surface area contributed by atoms with Crippen LogP contribution in [0.25, 0.3) is 0 Å². The first kappa shape index (κ1) is 16.8. The van der Waals surface area contributed by atoms with E-state index in [9.17, 15) is 9.59 Å². The second-order valence-electron chi connectivity index (χ2n) is 6.78. The summed E-state index contributed by atoms with van der Waals surface area (Å²) in [6.45, 7) is 4.46. The van der Waals surface area contributed by atoms with Gasteiger partial charge >= 0.3 is 0 Å². The van der Waals surface area contributed by atoms with Gasteiger partial charge in [0.15, 0.2) is 0 Å². The molecule has 0 spiro atoms. The average molecular weight is 330 g/mol. The zero-order valence-electron chi connectivity index (χ0n) is 14.6. The van der Waals surface area contributed by atoms with E-state index >= 15 is 0 Å². The van der Waals surface area contributed by atoms with Crippen molar-refractivity contribution in [3.8, 4) is 5.75 Å². The minimum absolute atomic E-state index is 0.0359. The monoisotopic (exact) mass is 330 g/mol. The Morgan fingerprint density at radius 1 is 1.04 bits per heavy atom. The Morgan fingerprint density at radius 2 is 1.67 bits per heavy atom. The molecule has 0 atom stereocenters. The van der Waals surface area contributed by atoms with Gasteiger partial charge in [0, 0.05) is 37.7 Å². The summed E-state index contributed by atoms with van der Waals surface area (Å²) in [5.41, 5.74) is 1.64. The highest BCUT2D eigenvalue weighted by atomic mass is 16.5. The average Bonchev–Trinajstić information content (AvgIpc) is 3.15. The van der Waals surface area contributed by atoms with E-state index in [0.717, 1.165) is 24.2 Å². The molecule has 2 amide bonds. The van der Waals surface area contributed by atoms with Gasteiger partial charge < -0.3 is 14.5 Å². The fraction of sp³-hybridized carbons (Fsp3) is 0.579. The summed E-state index contributed by atoms with van der Waals surface area (Å²) in [6, 6.07) is 5.52. The first-order valence-electron chi connectivity index (χ1n) is 8.83. The molecule has 24 heavy (non-hydrogen) atoms. The molecule has 0 unspecified atom stereocenters. The van der Waals surface area contributed by atoms with Gasteiger partial charge in [-0.15, -0.1) is 0 Å². The highest BCUT2D eigenvalue weighted by molar-refractivity contribution is 5.94. The van der Waals surface area contributed by atoms with Crippen LogP contribution in [0.2, 0.25) is 0 Å². The van der Waals surface area contributed by atoms with Crippen molar-refractivity contribution in [2.75, 3.05) is 33.3 Å². The van der Waals surface area contributed by atoms with E-state index in [1.807, 2.05) is 34.9 Å². The molecule has 0 radical (unpaired) electrons. The Morgan fingerprint density at radius 3 is 2.25 bits per heavy atom. The second-order valence-corrected chi connectivity index (χ2v) is 6.78. The molecule has 3 rings (SSSR count). The minimum Gasteiger partial charge on any atom is -0.496 e. The highest BCUT2D eigenvalue weighted by Crippen LogP contribution is 2.27. The topological polar surface area (TPSA) is 49.9 Å². The maximum absolute atomic E-state index is 12.7. The first-order valence-corrected chi connectivity index (χ1v) is 8.83. The lowest BCUT2D eigenvalue weighted by Gasteiger charge is -2.36. The number of piperazine rings is 1. The lowest BCUT2D eigenvalue weighted by molar-refractivity contribution is -0.136. The van der Waals surface area contributed by atoms with E-state index in [1.54, 1.807) is 7.11 Å². The van der Waals surface area contributed by atoms with Gasteiger partial charge in [-0.2, -0.15) is 0 Å². The maximum Gasteiger partial charge on any atom is 0.253 e. The van der Waals surface area contributed by atoms with Gasteiger partial charge in [-0.1, -0.05) is 12.8 Å². The Hall–Kier alpha value is -2.04. The lowest BCUT2D eigenvalue weighted by Crippen LogP contribution is -2.51. The molecule has 0 bridgehead atoms. The van der Waals surface area contributed by atoms with E-state index in [4.69, 9.17) is 4.74 Å². The van der Waals surface area contributed by atoms with Crippen molar-refractivity contribution >= 4 is 11.8 Å². The fourth-order valence-electron chi connectivity index (χ4n) is 3.75. The molecule has 1 saturated heterocycles. The van der Waals surface area contributed by atoms with Gasteiger partial charge in [-0.3, -0.25) is 9.59 Å². The molecule has 1 aromatic carbocycles.